The molecule has 1 aromatic rings. The van der Waals surface area contributed by atoms with Crippen molar-refractivity contribution < 1.29 is 9.90 Å². The maximum absolute atomic E-state index is 10.7. The zero-order valence-electron chi connectivity index (χ0n) is 12.1. The van der Waals surface area contributed by atoms with Gasteiger partial charge in [-0.2, -0.15) is 0 Å². The van der Waals surface area contributed by atoms with Gasteiger partial charge in [-0.1, -0.05) is 43.2 Å². The average molecular weight is 263 g/mol. The molecule has 3 heteroatoms. The van der Waals surface area contributed by atoms with Gasteiger partial charge in [-0.05, 0) is 32.3 Å². The molecule has 106 valence electrons. The van der Waals surface area contributed by atoms with Crippen molar-refractivity contribution in [1.29, 1.82) is 0 Å². The smallest absolute Gasteiger partial charge is 0.306 e. The van der Waals surface area contributed by atoms with Gasteiger partial charge in [-0.3, -0.25) is 4.79 Å². The van der Waals surface area contributed by atoms with Gasteiger partial charge < -0.3 is 10.4 Å². The minimum atomic E-state index is -0.694. The highest BCUT2D eigenvalue weighted by atomic mass is 16.4. The van der Waals surface area contributed by atoms with Gasteiger partial charge in [0.25, 0.3) is 0 Å². The molecule has 0 fully saturated rings. The number of aryl methyl sites for hydroxylation is 1. The van der Waals surface area contributed by atoms with Crippen LogP contribution >= 0.6 is 0 Å². The molecule has 0 spiro atoms. The minimum Gasteiger partial charge on any atom is -0.481 e. The number of carboxylic acids is 1. The second-order valence-electron chi connectivity index (χ2n) is 5.44. The lowest BCUT2D eigenvalue weighted by Gasteiger charge is -2.14. The SMILES string of the molecule is Cc1ccc(CNC(C)CCCC(C)C(=O)O)cc1. The van der Waals surface area contributed by atoms with Crippen LogP contribution in [-0.4, -0.2) is 17.1 Å². The van der Waals surface area contributed by atoms with E-state index in [9.17, 15) is 4.79 Å². The summed E-state index contributed by atoms with van der Waals surface area (Å²) in [7, 11) is 0. The van der Waals surface area contributed by atoms with Crippen molar-refractivity contribution in [1.82, 2.24) is 5.32 Å². The molecule has 3 nitrogen and oxygen atoms in total. The molecule has 0 radical (unpaired) electrons. The van der Waals surface area contributed by atoms with Gasteiger partial charge >= 0.3 is 5.97 Å². The first-order valence-corrected chi connectivity index (χ1v) is 7.00. The van der Waals surface area contributed by atoms with E-state index in [0.29, 0.717) is 6.04 Å². The topological polar surface area (TPSA) is 49.3 Å². The summed E-state index contributed by atoms with van der Waals surface area (Å²) >= 11 is 0. The van der Waals surface area contributed by atoms with Crippen molar-refractivity contribution in [2.24, 2.45) is 5.92 Å². The molecular formula is C16H25NO2. The van der Waals surface area contributed by atoms with Crippen LogP contribution in [-0.2, 0) is 11.3 Å². The molecule has 0 amide bonds. The predicted octanol–water partition coefficient (Wildman–Crippen LogP) is 3.36. The summed E-state index contributed by atoms with van der Waals surface area (Å²) in [6.07, 6.45) is 2.73. The maximum atomic E-state index is 10.7. The van der Waals surface area contributed by atoms with Crippen molar-refractivity contribution in [3.05, 3.63) is 35.4 Å². The Morgan fingerprint density at radius 3 is 2.42 bits per heavy atom. The summed E-state index contributed by atoms with van der Waals surface area (Å²) < 4.78 is 0. The highest BCUT2D eigenvalue weighted by Crippen LogP contribution is 2.10. The number of carbonyl (C=O) groups is 1. The molecule has 0 heterocycles. The molecule has 1 rings (SSSR count). The Morgan fingerprint density at radius 1 is 1.21 bits per heavy atom. The van der Waals surface area contributed by atoms with Crippen LogP contribution in [0.25, 0.3) is 0 Å². The van der Waals surface area contributed by atoms with Crippen molar-refractivity contribution >= 4 is 5.97 Å². The molecule has 0 saturated carbocycles. The van der Waals surface area contributed by atoms with Crippen LogP contribution in [0.15, 0.2) is 24.3 Å². The number of aliphatic carboxylic acids is 1. The van der Waals surface area contributed by atoms with Crippen LogP contribution in [0.5, 0.6) is 0 Å². The van der Waals surface area contributed by atoms with Gasteiger partial charge in [0.15, 0.2) is 0 Å². The number of nitrogens with one attached hydrogen (secondary N) is 1. The number of rotatable bonds is 8. The first-order valence-electron chi connectivity index (χ1n) is 7.00. The second kappa shape index (κ2) is 7.95. The lowest BCUT2D eigenvalue weighted by atomic mass is 10.0. The molecule has 0 aliphatic carbocycles. The third-order valence-corrected chi connectivity index (χ3v) is 3.47. The first kappa shape index (κ1) is 15.7. The van der Waals surface area contributed by atoms with Crippen molar-refractivity contribution in [3.63, 3.8) is 0 Å². The standard InChI is InChI=1S/C16H25NO2/c1-12-7-9-15(10-8-12)11-17-14(3)6-4-5-13(2)16(18)19/h7-10,13-14,17H,4-6,11H2,1-3H3,(H,18,19). The number of benzene rings is 1. The lowest BCUT2D eigenvalue weighted by Crippen LogP contribution is -2.25. The van der Waals surface area contributed by atoms with Gasteiger partial charge in [-0.25, -0.2) is 0 Å². The molecular weight excluding hydrogens is 238 g/mol. The van der Waals surface area contributed by atoms with E-state index in [-0.39, 0.29) is 5.92 Å². The van der Waals surface area contributed by atoms with Crippen LogP contribution < -0.4 is 5.32 Å². The summed E-state index contributed by atoms with van der Waals surface area (Å²) in [5, 5.41) is 12.3. The molecule has 2 N–H and O–H groups in total. The summed E-state index contributed by atoms with van der Waals surface area (Å²) in [6.45, 7) is 6.88. The third kappa shape index (κ3) is 6.39. The van der Waals surface area contributed by atoms with E-state index in [4.69, 9.17) is 5.11 Å². The largest absolute Gasteiger partial charge is 0.481 e. The van der Waals surface area contributed by atoms with Crippen LogP contribution in [0.2, 0.25) is 0 Å². The maximum Gasteiger partial charge on any atom is 0.306 e. The van der Waals surface area contributed by atoms with Crippen LogP contribution in [0.1, 0.15) is 44.2 Å². The molecule has 2 atom stereocenters. The van der Waals surface area contributed by atoms with Crippen LogP contribution in [0, 0.1) is 12.8 Å². The number of hydrogen-bond donors (Lipinski definition) is 2. The van der Waals surface area contributed by atoms with E-state index in [1.165, 1.54) is 11.1 Å². The molecule has 0 aliphatic heterocycles. The molecule has 0 aliphatic rings. The second-order valence-corrected chi connectivity index (χ2v) is 5.44. The van der Waals surface area contributed by atoms with E-state index in [1.54, 1.807) is 6.92 Å². The van der Waals surface area contributed by atoms with Crippen molar-refractivity contribution in [2.75, 3.05) is 0 Å². The molecule has 2 unspecified atom stereocenters. The van der Waals surface area contributed by atoms with Gasteiger partial charge in [0, 0.05) is 12.6 Å². The van der Waals surface area contributed by atoms with Crippen molar-refractivity contribution in [2.45, 2.75) is 52.6 Å². The monoisotopic (exact) mass is 263 g/mol. The Balaban J connectivity index is 2.19. The van der Waals surface area contributed by atoms with E-state index in [2.05, 4.69) is 43.4 Å². The van der Waals surface area contributed by atoms with Gasteiger partial charge in [-0.15, -0.1) is 0 Å². The Labute approximate surface area is 116 Å². The first-order chi connectivity index (χ1) is 8.99. The van der Waals surface area contributed by atoms with Crippen LogP contribution in [0.3, 0.4) is 0 Å². The van der Waals surface area contributed by atoms with Gasteiger partial charge in [0.2, 0.25) is 0 Å². The molecule has 19 heavy (non-hydrogen) atoms. The van der Waals surface area contributed by atoms with E-state index in [0.717, 1.165) is 25.8 Å². The lowest BCUT2D eigenvalue weighted by molar-refractivity contribution is -0.141. The fourth-order valence-electron chi connectivity index (χ4n) is 1.95. The fraction of sp³-hybridized carbons (Fsp3) is 0.562. The van der Waals surface area contributed by atoms with Crippen molar-refractivity contribution in [3.8, 4) is 0 Å². The Bertz CT molecular complexity index is 386. The minimum absolute atomic E-state index is 0.232. The van der Waals surface area contributed by atoms with Gasteiger partial charge in [0.1, 0.15) is 0 Å². The Hall–Kier alpha value is -1.35. The highest BCUT2D eigenvalue weighted by molar-refractivity contribution is 5.69. The summed E-state index contributed by atoms with van der Waals surface area (Å²) in [6, 6.07) is 8.94. The zero-order chi connectivity index (χ0) is 14.3. The van der Waals surface area contributed by atoms with E-state index >= 15 is 0 Å². The quantitative estimate of drug-likeness (QED) is 0.756. The highest BCUT2D eigenvalue weighted by Gasteiger charge is 2.11. The zero-order valence-corrected chi connectivity index (χ0v) is 12.1. The normalized spacial score (nSPS) is 14.1. The van der Waals surface area contributed by atoms with E-state index in [1.807, 2.05) is 0 Å². The van der Waals surface area contributed by atoms with Crippen LogP contribution in [0.4, 0.5) is 0 Å². The molecule has 1 aromatic carbocycles. The average Bonchev–Trinajstić information content (AvgIpc) is 2.37. The number of hydrogen-bond acceptors (Lipinski definition) is 2. The molecule has 0 aromatic heterocycles. The molecule has 0 bridgehead atoms. The fourth-order valence-corrected chi connectivity index (χ4v) is 1.95. The third-order valence-electron chi connectivity index (χ3n) is 3.47. The number of carboxylic acid groups (broad SMARTS) is 1. The molecule has 0 saturated heterocycles. The Morgan fingerprint density at radius 2 is 1.84 bits per heavy atom. The summed E-state index contributed by atoms with van der Waals surface area (Å²) in [4.78, 5) is 10.7. The summed E-state index contributed by atoms with van der Waals surface area (Å²) in [5.74, 6) is -0.926. The summed E-state index contributed by atoms with van der Waals surface area (Å²) in [5.41, 5.74) is 2.57. The van der Waals surface area contributed by atoms with E-state index < -0.39 is 5.97 Å². The Kier molecular flexibility index (Phi) is 6.57. The predicted molar refractivity (Wildman–Crippen MR) is 78.1 cm³/mol. The van der Waals surface area contributed by atoms with Gasteiger partial charge in [0.05, 0.1) is 5.92 Å².